The predicted octanol–water partition coefficient (Wildman–Crippen LogP) is 2.22. The number of rotatable bonds is 4. The van der Waals surface area contributed by atoms with Gasteiger partial charge in [0.15, 0.2) is 11.8 Å². The fraction of sp³-hybridized carbons (Fsp3) is 0.333. The van der Waals surface area contributed by atoms with E-state index < -0.39 is 12.1 Å². The first-order valence-electron chi connectivity index (χ1n) is 8.00. The molecule has 3 rings (SSSR count). The summed E-state index contributed by atoms with van der Waals surface area (Å²) in [6.07, 6.45) is 6.22. The van der Waals surface area contributed by atoms with Crippen LogP contribution < -0.4 is 5.32 Å². The summed E-state index contributed by atoms with van der Waals surface area (Å²) >= 11 is 0. The Labute approximate surface area is 140 Å². The highest BCUT2D eigenvalue weighted by molar-refractivity contribution is 5.90. The lowest BCUT2D eigenvalue weighted by atomic mass is 9.87. The SMILES string of the molecule is C[C@@H](OC(=O)c1cnccn1)C(=O)N[C@@H]1CCCc2ccccc21. The number of aromatic nitrogens is 2. The van der Waals surface area contributed by atoms with Crippen LogP contribution in [-0.2, 0) is 16.0 Å². The largest absolute Gasteiger partial charge is 0.448 e. The number of fused-ring (bicyclic) bond motifs is 1. The Hall–Kier alpha value is -2.76. The molecule has 6 nitrogen and oxygen atoms in total. The van der Waals surface area contributed by atoms with Gasteiger partial charge in [-0.3, -0.25) is 9.78 Å². The maximum Gasteiger partial charge on any atom is 0.359 e. The molecule has 2 atom stereocenters. The molecular formula is C18H19N3O3. The van der Waals surface area contributed by atoms with E-state index >= 15 is 0 Å². The Bertz CT molecular complexity index is 733. The fourth-order valence-corrected chi connectivity index (χ4v) is 2.87. The van der Waals surface area contributed by atoms with Crippen molar-refractivity contribution >= 4 is 11.9 Å². The zero-order valence-corrected chi connectivity index (χ0v) is 13.4. The molecule has 0 saturated carbocycles. The minimum atomic E-state index is -0.895. The minimum absolute atomic E-state index is 0.0416. The van der Waals surface area contributed by atoms with Crippen LogP contribution in [0.3, 0.4) is 0 Å². The molecule has 2 aromatic rings. The number of nitrogens with zero attached hydrogens (tertiary/aromatic N) is 2. The van der Waals surface area contributed by atoms with Crippen LogP contribution in [0.4, 0.5) is 0 Å². The Morgan fingerprint density at radius 1 is 1.29 bits per heavy atom. The van der Waals surface area contributed by atoms with Gasteiger partial charge in [-0.1, -0.05) is 24.3 Å². The van der Waals surface area contributed by atoms with Crippen molar-refractivity contribution < 1.29 is 14.3 Å². The Morgan fingerprint density at radius 3 is 2.92 bits per heavy atom. The number of benzene rings is 1. The van der Waals surface area contributed by atoms with Gasteiger partial charge in [0.05, 0.1) is 12.2 Å². The van der Waals surface area contributed by atoms with Crippen molar-refractivity contribution in [3.05, 3.63) is 59.7 Å². The normalized spacial score (nSPS) is 17.5. The molecule has 0 saturated heterocycles. The number of esters is 1. The fourth-order valence-electron chi connectivity index (χ4n) is 2.87. The van der Waals surface area contributed by atoms with Gasteiger partial charge in [0.1, 0.15) is 0 Å². The van der Waals surface area contributed by atoms with Gasteiger partial charge in [-0.05, 0) is 37.3 Å². The van der Waals surface area contributed by atoms with E-state index in [9.17, 15) is 9.59 Å². The third kappa shape index (κ3) is 3.59. The highest BCUT2D eigenvalue weighted by atomic mass is 16.5. The molecule has 0 spiro atoms. The van der Waals surface area contributed by atoms with Gasteiger partial charge in [0, 0.05) is 12.4 Å². The van der Waals surface area contributed by atoms with E-state index in [1.54, 1.807) is 6.92 Å². The molecule has 1 amide bonds. The van der Waals surface area contributed by atoms with Crippen molar-refractivity contribution in [2.24, 2.45) is 0 Å². The molecule has 1 aliphatic rings. The molecule has 124 valence electrons. The number of carbonyl (C=O) groups excluding carboxylic acids is 2. The summed E-state index contributed by atoms with van der Waals surface area (Å²) in [4.78, 5) is 32.0. The Balaban J connectivity index is 1.62. The van der Waals surface area contributed by atoms with E-state index in [4.69, 9.17) is 4.74 Å². The smallest absolute Gasteiger partial charge is 0.359 e. The van der Waals surface area contributed by atoms with E-state index in [2.05, 4.69) is 21.4 Å². The number of aryl methyl sites for hydroxylation is 1. The average Bonchev–Trinajstić information content (AvgIpc) is 2.62. The van der Waals surface area contributed by atoms with Crippen molar-refractivity contribution in [2.75, 3.05) is 0 Å². The van der Waals surface area contributed by atoms with Crippen molar-refractivity contribution in [3.8, 4) is 0 Å². The second-order valence-electron chi connectivity index (χ2n) is 5.79. The lowest BCUT2D eigenvalue weighted by Crippen LogP contribution is -2.39. The first kappa shape index (κ1) is 16.1. The highest BCUT2D eigenvalue weighted by Gasteiger charge is 2.25. The van der Waals surface area contributed by atoms with E-state index in [0.29, 0.717) is 0 Å². The van der Waals surface area contributed by atoms with Crippen molar-refractivity contribution in [1.29, 1.82) is 0 Å². The summed E-state index contributed by atoms with van der Waals surface area (Å²) in [6, 6.07) is 8.07. The molecular weight excluding hydrogens is 306 g/mol. The molecule has 0 unspecified atom stereocenters. The molecule has 1 heterocycles. The highest BCUT2D eigenvalue weighted by Crippen LogP contribution is 2.29. The zero-order chi connectivity index (χ0) is 16.9. The number of carbonyl (C=O) groups is 2. The monoisotopic (exact) mass is 325 g/mol. The molecule has 0 aliphatic heterocycles. The summed E-state index contributed by atoms with van der Waals surface area (Å²) in [5, 5.41) is 2.98. The number of ether oxygens (including phenoxy) is 1. The summed E-state index contributed by atoms with van der Waals surface area (Å²) < 4.78 is 5.17. The summed E-state index contributed by atoms with van der Waals surface area (Å²) in [5.41, 5.74) is 2.49. The van der Waals surface area contributed by atoms with E-state index in [1.165, 1.54) is 24.2 Å². The van der Waals surface area contributed by atoms with Crippen molar-refractivity contribution in [2.45, 2.75) is 38.3 Å². The van der Waals surface area contributed by atoms with Gasteiger partial charge in [0.25, 0.3) is 5.91 Å². The van der Waals surface area contributed by atoms with Crippen LogP contribution in [0.1, 0.15) is 47.4 Å². The molecule has 6 heteroatoms. The first-order chi connectivity index (χ1) is 11.6. The van der Waals surface area contributed by atoms with E-state index in [-0.39, 0.29) is 17.6 Å². The van der Waals surface area contributed by atoms with Gasteiger partial charge in [0.2, 0.25) is 0 Å². The van der Waals surface area contributed by atoms with Gasteiger partial charge >= 0.3 is 5.97 Å². The lowest BCUT2D eigenvalue weighted by Gasteiger charge is -2.27. The van der Waals surface area contributed by atoms with E-state index in [1.807, 2.05) is 18.2 Å². The molecule has 24 heavy (non-hydrogen) atoms. The van der Waals surface area contributed by atoms with Gasteiger partial charge < -0.3 is 10.1 Å². The van der Waals surface area contributed by atoms with Crippen LogP contribution in [0.15, 0.2) is 42.9 Å². The van der Waals surface area contributed by atoms with Crippen LogP contribution in [0.2, 0.25) is 0 Å². The van der Waals surface area contributed by atoms with Gasteiger partial charge in [-0.25, -0.2) is 9.78 Å². The van der Waals surface area contributed by atoms with Gasteiger partial charge in [-0.2, -0.15) is 0 Å². The van der Waals surface area contributed by atoms with Crippen LogP contribution in [-0.4, -0.2) is 27.9 Å². The number of hydrogen-bond acceptors (Lipinski definition) is 5. The lowest BCUT2D eigenvalue weighted by molar-refractivity contribution is -0.130. The molecule has 1 aromatic carbocycles. The van der Waals surface area contributed by atoms with Crippen LogP contribution >= 0.6 is 0 Å². The first-order valence-corrected chi connectivity index (χ1v) is 8.00. The summed E-state index contributed by atoms with van der Waals surface area (Å²) in [7, 11) is 0. The number of nitrogens with one attached hydrogen (secondary N) is 1. The molecule has 0 bridgehead atoms. The predicted molar refractivity (Wildman–Crippen MR) is 87.2 cm³/mol. The Kier molecular flexibility index (Phi) is 4.84. The summed E-state index contributed by atoms with van der Waals surface area (Å²) in [5.74, 6) is -0.969. The van der Waals surface area contributed by atoms with Crippen molar-refractivity contribution in [1.82, 2.24) is 15.3 Å². The topological polar surface area (TPSA) is 81.2 Å². The minimum Gasteiger partial charge on any atom is -0.448 e. The molecule has 1 N–H and O–H groups in total. The van der Waals surface area contributed by atoms with Crippen LogP contribution in [0.25, 0.3) is 0 Å². The molecule has 1 aromatic heterocycles. The third-order valence-corrected chi connectivity index (χ3v) is 4.11. The quantitative estimate of drug-likeness (QED) is 0.872. The van der Waals surface area contributed by atoms with Crippen LogP contribution in [0, 0.1) is 0 Å². The second kappa shape index (κ2) is 7.21. The molecule has 0 fully saturated rings. The third-order valence-electron chi connectivity index (χ3n) is 4.11. The zero-order valence-electron chi connectivity index (χ0n) is 13.4. The second-order valence-corrected chi connectivity index (χ2v) is 5.79. The van der Waals surface area contributed by atoms with Gasteiger partial charge in [-0.15, -0.1) is 0 Å². The number of hydrogen-bond donors (Lipinski definition) is 1. The number of amides is 1. The standard InChI is InChI=1S/C18H19N3O3/c1-12(24-18(23)16-11-19-9-10-20-16)17(22)21-15-8-4-6-13-5-2-3-7-14(13)15/h2-3,5,7,9-12,15H,4,6,8H2,1H3,(H,21,22)/t12-,15-/m1/s1. The van der Waals surface area contributed by atoms with E-state index in [0.717, 1.165) is 24.8 Å². The molecule has 0 radical (unpaired) electrons. The average molecular weight is 325 g/mol. The summed E-state index contributed by atoms with van der Waals surface area (Å²) in [6.45, 7) is 1.55. The van der Waals surface area contributed by atoms with Crippen molar-refractivity contribution in [3.63, 3.8) is 0 Å². The van der Waals surface area contributed by atoms with Crippen LogP contribution in [0.5, 0.6) is 0 Å². The Morgan fingerprint density at radius 2 is 2.12 bits per heavy atom. The maximum atomic E-state index is 12.4. The maximum absolute atomic E-state index is 12.4. The molecule has 1 aliphatic carbocycles.